The van der Waals surface area contributed by atoms with E-state index < -0.39 is 0 Å². The molecule has 1 aromatic carbocycles. The molecule has 72 valence electrons. The molecule has 0 aliphatic carbocycles. The maximum Gasteiger partial charge on any atom is 0.0417 e. The van der Waals surface area contributed by atoms with Crippen LogP contribution in [0.5, 0.6) is 0 Å². The highest BCUT2D eigenvalue weighted by atomic mass is 79.9. The molecule has 1 aromatic rings. The topological polar surface area (TPSA) is 0 Å². The molecule has 0 spiro atoms. The van der Waals surface area contributed by atoms with E-state index in [9.17, 15) is 0 Å². The zero-order valence-electron chi connectivity index (χ0n) is 7.68. The molecule has 0 fully saturated rings. The molecular weight excluding hydrogens is 268 g/mol. The molecule has 0 radical (unpaired) electrons. The Morgan fingerprint density at radius 3 is 2.69 bits per heavy atom. The second-order valence-electron chi connectivity index (χ2n) is 3.10. The van der Waals surface area contributed by atoms with E-state index in [1.54, 1.807) is 0 Å². The number of hydrogen-bond donors (Lipinski definition) is 0. The van der Waals surface area contributed by atoms with Gasteiger partial charge in [-0.05, 0) is 22.9 Å². The Morgan fingerprint density at radius 2 is 2.15 bits per heavy atom. The Hall–Kier alpha value is 0.340. The molecular formula is C10H12BrClS. The average Bonchev–Trinajstić information content (AvgIpc) is 2.02. The standard InChI is InChI=1S/C10H12BrClS/c1-7(2)13-6-8-3-4-9(12)5-10(8)11/h3-5,7H,6H2,1-2H3. The highest BCUT2D eigenvalue weighted by molar-refractivity contribution is 9.10. The van der Waals surface area contributed by atoms with Crippen molar-refractivity contribution in [2.45, 2.75) is 24.9 Å². The molecule has 0 unspecified atom stereocenters. The third-order valence-electron chi connectivity index (χ3n) is 1.59. The smallest absolute Gasteiger partial charge is 0.0417 e. The molecule has 0 saturated carbocycles. The van der Waals surface area contributed by atoms with Crippen LogP contribution in [0.2, 0.25) is 5.02 Å². The molecule has 1 rings (SSSR count). The molecule has 0 aromatic heterocycles. The zero-order chi connectivity index (χ0) is 9.84. The van der Waals surface area contributed by atoms with Crippen LogP contribution in [0.15, 0.2) is 22.7 Å². The summed E-state index contributed by atoms with van der Waals surface area (Å²) in [4.78, 5) is 0. The normalized spacial score (nSPS) is 10.8. The number of halogens is 2. The van der Waals surface area contributed by atoms with E-state index in [0.29, 0.717) is 5.25 Å². The summed E-state index contributed by atoms with van der Waals surface area (Å²) in [5, 5.41) is 1.45. The van der Waals surface area contributed by atoms with Crippen LogP contribution in [0, 0.1) is 0 Å². The molecule has 13 heavy (non-hydrogen) atoms. The average molecular weight is 280 g/mol. The third kappa shape index (κ3) is 3.92. The van der Waals surface area contributed by atoms with Crippen molar-refractivity contribution in [1.82, 2.24) is 0 Å². The van der Waals surface area contributed by atoms with Crippen molar-refractivity contribution in [2.24, 2.45) is 0 Å². The Morgan fingerprint density at radius 1 is 1.46 bits per heavy atom. The van der Waals surface area contributed by atoms with Crippen LogP contribution in [-0.2, 0) is 5.75 Å². The first kappa shape index (κ1) is 11.4. The molecule has 0 atom stereocenters. The third-order valence-corrected chi connectivity index (χ3v) is 3.70. The summed E-state index contributed by atoms with van der Waals surface area (Å²) in [6.07, 6.45) is 0. The van der Waals surface area contributed by atoms with Gasteiger partial charge in [0.2, 0.25) is 0 Å². The van der Waals surface area contributed by atoms with Crippen LogP contribution in [0.3, 0.4) is 0 Å². The summed E-state index contributed by atoms with van der Waals surface area (Å²) in [7, 11) is 0. The van der Waals surface area contributed by atoms with E-state index in [2.05, 4.69) is 35.8 Å². The maximum atomic E-state index is 5.84. The van der Waals surface area contributed by atoms with Crippen LogP contribution in [0.25, 0.3) is 0 Å². The van der Waals surface area contributed by atoms with E-state index in [4.69, 9.17) is 11.6 Å². The Balaban J connectivity index is 2.67. The van der Waals surface area contributed by atoms with E-state index in [0.717, 1.165) is 15.2 Å². The number of benzene rings is 1. The van der Waals surface area contributed by atoms with Gasteiger partial charge < -0.3 is 0 Å². The van der Waals surface area contributed by atoms with Gasteiger partial charge in [-0.1, -0.05) is 47.4 Å². The maximum absolute atomic E-state index is 5.84. The van der Waals surface area contributed by atoms with E-state index in [-0.39, 0.29) is 0 Å². The summed E-state index contributed by atoms with van der Waals surface area (Å²) in [6, 6.07) is 5.95. The molecule has 0 bridgehead atoms. The van der Waals surface area contributed by atoms with Gasteiger partial charge in [0.05, 0.1) is 0 Å². The lowest BCUT2D eigenvalue weighted by atomic mass is 10.2. The summed E-state index contributed by atoms with van der Waals surface area (Å²) in [5.41, 5.74) is 1.31. The van der Waals surface area contributed by atoms with Gasteiger partial charge in [0.1, 0.15) is 0 Å². The predicted octanol–water partition coefficient (Wildman–Crippen LogP) is 4.74. The fraction of sp³-hybridized carbons (Fsp3) is 0.400. The minimum absolute atomic E-state index is 0.669. The second kappa shape index (κ2) is 5.28. The first-order valence-electron chi connectivity index (χ1n) is 4.15. The minimum Gasteiger partial charge on any atom is -0.154 e. The highest BCUT2D eigenvalue weighted by Gasteiger charge is 2.02. The molecule has 0 aliphatic heterocycles. The molecule has 0 N–H and O–H groups in total. The van der Waals surface area contributed by atoms with Crippen LogP contribution in [-0.4, -0.2) is 5.25 Å². The van der Waals surface area contributed by atoms with Gasteiger partial charge in [0.15, 0.2) is 0 Å². The first-order valence-corrected chi connectivity index (χ1v) is 6.37. The Labute approximate surface area is 97.2 Å². The van der Waals surface area contributed by atoms with Gasteiger partial charge >= 0.3 is 0 Å². The SMILES string of the molecule is CC(C)SCc1ccc(Cl)cc1Br. The zero-order valence-corrected chi connectivity index (χ0v) is 10.8. The summed E-state index contributed by atoms with van der Waals surface area (Å²) < 4.78 is 1.10. The number of thioether (sulfide) groups is 1. The largest absolute Gasteiger partial charge is 0.154 e. The lowest BCUT2D eigenvalue weighted by molar-refractivity contribution is 1.11. The molecule has 0 aliphatic rings. The molecule has 0 saturated heterocycles. The van der Waals surface area contributed by atoms with Gasteiger partial charge in [0, 0.05) is 15.2 Å². The van der Waals surface area contributed by atoms with Crippen molar-refractivity contribution in [3.63, 3.8) is 0 Å². The highest BCUT2D eigenvalue weighted by Crippen LogP contribution is 2.26. The van der Waals surface area contributed by atoms with Crippen molar-refractivity contribution in [2.75, 3.05) is 0 Å². The number of rotatable bonds is 3. The van der Waals surface area contributed by atoms with Crippen LogP contribution in [0.1, 0.15) is 19.4 Å². The fourth-order valence-electron chi connectivity index (χ4n) is 0.895. The van der Waals surface area contributed by atoms with Crippen LogP contribution < -0.4 is 0 Å². The van der Waals surface area contributed by atoms with Crippen molar-refractivity contribution in [3.05, 3.63) is 33.3 Å². The first-order chi connectivity index (χ1) is 6.09. The van der Waals surface area contributed by atoms with Crippen LogP contribution >= 0.6 is 39.3 Å². The lowest BCUT2D eigenvalue weighted by Crippen LogP contribution is -1.89. The van der Waals surface area contributed by atoms with E-state index >= 15 is 0 Å². The van der Waals surface area contributed by atoms with Gasteiger partial charge in [-0.3, -0.25) is 0 Å². The van der Waals surface area contributed by atoms with E-state index in [1.807, 2.05) is 23.9 Å². The van der Waals surface area contributed by atoms with Gasteiger partial charge in [-0.25, -0.2) is 0 Å². The molecule has 3 heteroatoms. The van der Waals surface area contributed by atoms with Gasteiger partial charge in [-0.2, -0.15) is 11.8 Å². The van der Waals surface area contributed by atoms with Crippen molar-refractivity contribution < 1.29 is 0 Å². The fourth-order valence-corrected chi connectivity index (χ4v) is 2.67. The van der Waals surface area contributed by atoms with Crippen LogP contribution in [0.4, 0.5) is 0 Å². The second-order valence-corrected chi connectivity index (χ2v) is 5.95. The monoisotopic (exact) mass is 278 g/mol. The van der Waals surface area contributed by atoms with Gasteiger partial charge in [0.25, 0.3) is 0 Å². The molecule has 0 amide bonds. The Kier molecular flexibility index (Phi) is 4.63. The lowest BCUT2D eigenvalue weighted by Gasteiger charge is -2.06. The predicted molar refractivity (Wildman–Crippen MR) is 65.6 cm³/mol. The molecule has 0 heterocycles. The molecule has 0 nitrogen and oxygen atoms in total. The van der Waals surface area contributed by atoms with Crippen molar-refractivity contribution >= 4 is 39.3 Å². The summed E-state index contributed by atoms with van der Waals surface area (Å²) >= 11 is 11.3. The Bertz CT molecular complexity index is 286. The van der Waals surface area contributed by atoms with Gasteiger partial charge in [-0.15, -0.1) is 0 Å². The number of hydrogen-bond acceptors (Lipinski definition) is 1. The minimum atomic E-state index is 0.669. The van der Waals surface area contributed by atoms with E-state index in [1.165, 1.54) is 5.56 Å². The van der Waals surface area contributed by atoms with Crippen molar-refractivity contribution in [1.29, 1.82) is 0 Å². The summed E-state index contributed by atoms with van der Waals surface area (Å²) in [5.74, 6) is 1.04. The summed E-state index contributed by atoms with van der Waals surface area (Å²) in [6.45, 7) is 4.41. The van der Waals surface area contributed by atoms with Crippen molar-refractivity contribution in [3.8, 4) is 0 Å². The quantitative estimate of drug-likeness (QED) is 0.770.